The number of guanidine groups is 1. The van der Waals surface area contributed by atoms with Crippen molar-refractivity contribution in [2.24, 2.45) is 10.7 Å². The lowest BCUT2D eigenvalue weighted by Gasteiger charge is -2.28. The van der Waals surface area contributed by atoms with Gasteiger partial charge in [0.2, 0.25) is 0 Å². The van der Waals surface area contributed by atoms with Crippen LogP contribution < -0.4 is 5.73 Å². The Morgan fingerprint density at radius 3 is 2.76 bits per heavy atom. The van der Waals surface area contributed by atoms with Crippen LogP contribution in [0.3, 0.4) is 0 Å². The number of hydrogen-bond donors (Lipinski definition) is 1. The number of carbonyl (C=O) groups excluding carboxylic acids is 1. The monoisotopic (exact) mass is 519 g/mol. The number of nitrogens with two attached hydrogens (primary N) is 1. The fourth-order valence-corrected chi connectivity index (χ4v) is 4.92. The summed E-state index contributed by atoms with van der Waals surface area (Å²) >= 11 is 6.32. The van der Waals surface area contributed by atoms with E-state index in [0.717, 1.165) is 33.2 Å². The van der Waals surface area contributed by atoms with E-state index >= 15 is 0 Å². The highest BCUT2D eigenvalue weighted by Crippen LogP contribution is 2.40. The average molecular weight is 520 g/mol. The minimum atomic E-state index is -0.809. The second-order valence-electron chi connectivity index (χ2n) is 9.18. The molecule has 0 spiro atoms. The fraction of sp³-hybridized carbons (Fsp3) is 0.269. The van der Waals surface area contributed by atoms with Crippen LogP contribution in [0.25, 0.3) is 16.6 Å². The lowest BCUT2D eigenvalue weighted by Crippen LogP contribution is -2.42. The maximum atomic E-state index is 14.1. The standard InChI is InChI=1S/C26H23ClFN7O2/c1-37-12-22(16-4-7-18(27)21(11-16)35-25(28)30-13-31-35)34-24(36)23(33-26(34)29)17-6-9-20-15(10-17)5-8-19(32-20)14-2-3-14/h4-11,13-14,22-23H,2-3,12H2,1H3,(H2,29,33)/t22-,23-/m1/s1. The third-order valence-electron chi connectivity index (χ3n) is 6.75. The van der Waals surface area contributed by atoms with Gasteiger partial charge < -0.3 is 10.5 Å². The zero-order valence-electron chi connectivity index (χ0n) is 19.9. The van der Waals surface area contributed by atoms with Gasteiger partial charge in [0.15, 0.2) is 12.0 Å². The molecule has 37 heavy (non-hydrogen) atoms. The first-order chi connectivity index (χ1) is 17.9. The number of benzene rings is 2. The molecule has 9 nitrogen and oxygen atoms in total. The van der Waals surface area contributed by atoms with E-state index in [1.54, 1.807) is 18.2 Å². The van der Waals surface area contributed by atoms with Crippen LogP contribution in [-0.2, 0) is 9.53 Å². The molecular weight excluding hydrogens is 497 g/mol. The van der Waals surface area contributed by atoms with Gasteiger partial charge in [0.25, 0.3) is 5.91 Å². The second-order valence-corrected chi connectivity index (χ2v) is 9.59. The van der Waals surface area contributed by atoms with Crippen LogP contribution in [0.5, 0.6) is 0 Å². The lowest BCUT2D eigenvalue weighted by molar-refractivity contribution is -0.130. The highest BCUT2D eigenvalue weighted by atomic mass is 35.5. The number of aliphatic imine (C=N–C) groups is 1. The number of halogens is 2. The molecule has 0 bridgehead atoms. The third-order valence-corrected chi connectivity index (χ3v) is 7.07. The van der Waals surface area contributed by atoms with Crippen molar-refractivity contribution in [2.45, 2.75) is 30.8 Å². The van der Waals surface area contributed by atoms with Crippen LogP contribution >= 0.6 is 11.6 Å². The number of hydrogen-bond acceptors (Lipinski definition) is 7. The summed E-state index contributed by atoms with van der Waals surface area (Å²) in [6, 6.07) is 13.4. The Balaban J connectivity index is 1.33. The molecule has 2 aromatic carbocycles. The number of pyridine rings is 1. The van der Waals surface area contributed by atoms with Gasteiger partial charge in [0.1, 0.15) is 6.33 Å². The average Bonchev–Trinajstić information content (AvgIpc) is 3.60. The van der Waals surface area contributed by atoms with Crippen molar-refractivity contribution in [3.05, 3.63) is 82.8 Å². The van der Waals surface area contributed by atoms with E-state index in [9.17, 15) is 9.18 Å². The number of fused-ring (bicyclic) bond motifs is 1. The summed E-state index contributed by atoms with van der Waals surface area (Å²) in [6.45, 7) is 0.126. The molecule has 2 aliphatic rings. The van der Waals surface area contributed by atoms with Crippen LogP contribution in [-0.4, -0.2) is 50.2 Å². The number of carbonyl (C=O) groups is 1. The Bertz CT molecular complexity index is 1550. The molecule has 1 fully saturated rings. The molecule has 1 amide bonds. The van der Waals surface area contributed by atoms with E-state index in [4.69, 9.17) is 27.1 Å². The van der Waals surface area contributed by atoms with Crippen molar-refractivity contribution >= 4 is 34.4 Å². The largest absolute Gasteiger partial charge is 0.382 e. The van der Waals surface area contributed by atoms with Gasteiger partial charge in [-0.2, -0.15) is 19.2 Å². The molecular formula is C26H23ClFN7O2. The molecule has 188 valence electrons. The number of rotatable bonds is 7. The van der Waals surface area contributed by atoms with E-state index in [2.05, 4.69) is 21.1 Å². The fourth-order valence-electron chi connectivity index (χ4n) is 4.73. The maximum absolute atomic E-state index is 14.1. The van der Waals surface area contributed by atoms with Crippen LogP contribution in [0.15, 0.2) is 59.9 Å². The summed E-state index contributed by atoms with van der Waals surface area (Å²) in [6.07, 6.45) is 2.65. The van der Waals surface area contributed by atoms with E-state index in [1.807, 2.05) is 24.3 Å². The van der Waals surface area contributed by atoms with Gasteiger partial charge in [-0.15, -0.1) is 0 Å². The van der Waals surface area contributed by atoms with E-state index < -0.39 is 18.2 Å². The molecule has 2 atom stereocenters. The Morgan fingerprint density at radius 1 is 1.19 bits per heavy atom. The summed E-state index contributed by atoms with van der Waals surface area (Å²) < 4.78 is 20.6. The highest BCUT2D eigenvalue weighted by Gasteiger charge is 2.39. The zero-order valence-corrected chi connectivity index (χ0v) is 20.6. The third kappa shape index (κ3) is 4.21. The van der Waals surface area contributed by atoms with Crippen molar-refractivity contribution in [3.63, 3.8) is 0 Å². The first-order valence-corrected chi connectivity index (χ1v) is 12.2. The van der Waals surface area contributed by atoms with Gasteiger partial charge >= 0.3 is 6.08 Å². The van der Waals surface area contributed by atoms with Crippen molar-refractivity contribution < 1.29 is 13.9 Å². The van der Waals surface area contributed by atoms with Gasteiger partial charge in [0.05, 0.1) is 28.9 Å². The number of amides is 1. The van der Waals surface area contributed by atoms with Gasteiger partial charge in [-0.3, -0.25) is 14.7 Å². The van der Waals surface area contributed by atoms with E-state index in [0.29, 0.717) is 11.5 Å². The van der Waals surface area contributed by atoms with Gasteiger partial charge in [-0.25, -0.2) is 4.99 Å². The molecule has 4 aromatic rings. The molecule has 0 saturated heterocycles. The molecule has 1 aliphatic carbocycles. The Labute approximate surface area is 216 Å². The summed E-state index contributed by atoms with van der Waals surface area (Å²) in [7, 11) is 1.53. The first kappa shape index (κ1) is 23.5. The normalized spacial score (nSPS) is 18.5. The Kier molecular flexibility index (Phi) is 5.85. The number of methoxy groups -OCH3 is 1. The predicted molar refractivity (Wildman–Crippen MR) is 136 cm³/mol. The molecule has 6 rings (SSSR count). The molecule has 1 saturated carbocycles. The smallest absolute Gasteiger partial charge is 0.311 e. The van der Waals surface area contributed by atoms with E-state index in [-0.39, 0.29) is 29.2 Å². The molecule has 2 N–H and O–H groups in total. The van der Waals surface area contributed by atoms with Gasteiger partial charge in [-0.1, -0.05) is 29.8 Å². The van der Waals surface area contributed by atoms with Crippen LogP contribution in [0.4, 0.5) is 4.39 Å². The molecule has 2 aromatic heterocycles. The topological polar surface area (TPSA) is 112 Å². The zero-order chi connectivity index (χ0) is 25.7. The Hall–Kier alpha value is -3.89. The lowest BCUT2D eigenvalue weighted by atomic mass is 10.0. The summed E-state index contributed by atoms with van der Waals surface area (Å²) in [4.78, 5) is 27.9. The molecule has 1 aliphatic heterocycles. The van der Waals surface area contributed by atoms with Gasteiger partial charge in [-0.05, 0) is 54.3 Å². The SMILES string of the molecule is COC[C@H](c1ccc(Cl)c(-n2ncnc2F)c1)N1C(=O)[C@@H](c2ccc3nc(C4CC4)ccc3c2)N=C1N. The second kappa shape index (κ2) is 9.20. The predicted octanol–water partition coefficient (Wildman–Crippen LogP) is 4.07. The molecule has 0 unspecified atom stereocenters. The quantitative estimate of drug-likeness (QED) is 0.394. The van der Waals surface area contributed by atoms with Crippen LogP contribution in [0.2, 0.25) is 5.02 Å². The van der Waals surface area contributed by atoms with Crippen LogP contribution in [0.1, 0.15) is 47.7 Å². The molecule has 0 radical (unpaired) electrons. The van der Waals surface area contributed by atoms with Gasteiger partial charge in [0, 0.05) is 24.1 Å². The Morgan fingerprint density at radius 2 is 2.03 bits per heavy atom. The van der Waals surface area contributed by atoms with Crippen molar-refractivity contribution in [1.82, 2.24) is 24.6 Å². The van der Waals surface area contributed by atoms with Crippen molar-refractivity contribution in [1.29, 1.82) is 0 Å². The first-order valence-electron chi connectivity index (χ1n) is 11.9. The maximum Gasteiger partial charge on any atom is 0.311 e. The summed E-state index contributed by atoms with van der Waals surface area (Å²) in [5.41, 5.74) is 9.93. The highest BCUT2D eigenvalue weighted by molar-refractivity contribution is 6.32. The number of ether oxygens (including phenoxy) is 1. The molecule has 11 heteroatoms. The summed E-state index contributed by atoms with van der Waals surface area (Å²) in [5, 5.41) is 5.10. The van der Waals surface area contributed by atoms with Crippen LogP contribution in [0, 0.1) is 6.08 Å². The minimum Gasteiger partial charge on any atom is -0.382 e. The minimum absolute atomic E-state index is 0.0720. The number of aromatic nitrogens is 4. The molecule has 3 heterocycles. The number of nitrogens with zero attached hydrogens (tertiary/aromatic N) is 6. The van der Waals surface area contributed by atoms with Crippen molar-refractivity contribution in [2.75, 3.05) is 13.7 Å². The van der Waals surface area contributed by atoms with Crippen molar-refractivity contribution in [3.8, 4) is 5.69 Å². The van der Waals surface area contributed by atoms with E-state index in [1.165, 1.54) is 24.9 Å². The summed E-state index contributed by atoms with van der Waals surface area (Å²) in [5.74, 6) is 0.346.